The van der Waals surface area contributed by atoms with Crippen LogP contribution in [0.15, 0.2) is 28.9 Å². The number of aryl methyl sites for hydroxylation is 3. The Kier molecular flexibility index (Phi) is 5.47. The fourth-order valence-corrected chi connectivity index (χ4v) is 4.53. The number of carbonyl (C=O) groups excluding carboxylic acids is 1. The van der Waals surface area contributed by atoms with E-state index in [1.165, 1.54) is 11.3 Å². The fraction of sp³-hybridized carbons (Fsp3) is 0.450. The number of aromatic nitrogens is 4. The Bertz CT molecular complexity index is 953. The third-order valence-electron chi connectivity index (χ3n) is 5.03. The lowest BCUT2D eigenvalue weighted by Gasteiger charge is -2.32. The lowest BCUT2D eigenvalue weighted by Crippen LogP contribution is -2.40. The number of carbonyl (C=O) groups is 1. The van der Waals surface area contributed by atoms with Crippen molar-refractivity contribution in [2.24, 2.45) is 5.92 Å². The third-order valence-corrected chi connectivity index (χ3v) is 6.09. The first kappa shape index (κ1) is 18.7. The number of thiazole rings is 1. The highest BCUT2D eigenvalue weighted by atomic mass is 32.1. The lowest BCUT2D eigenvalue weighted by molar-refractivity contribution is 0.0672. The van der Waals surface area contributed by atoms with Gasteiger partial charge in [0.2, 0.25) is 0 Å². The summed E-state index contributed by atoms with van der Waals surface area (Å²) >= 11 is 1.49. The third kappa shape index (κ3) is 4.11. The van der Waals surface area contributed by atoms with E-state index in [9.17, 15) is 4.79 Å². The van der Waals surface area contributed by atoms with E-state index in [4.69, 9.17) is 4.52 Å². The largest absolute Gasteiger partial charge is 0.338 e. The molecule has 1 fully saturated rings. The van der Waals surface area contributed by atoms with E-state index < -0.39 is 0 Å². The van der Waals surface area contributed by atoms with Gasteiger partial charge in [0.15, 0.2) is 5.82 Å². The molecule has 8 heteroatoms. The second-order valence-electron chi connectivity index (χ2n) is 7.18. The minimum absolute atomic E-state index is 0.116. The first-order valence-corrected chi connectivity index (χ1v) is 10.4. The Hall–Kier alpha value is -2.61. The van der Waals surface area contributed by atoms with Crippen LogP contribution in [0.4, 0.5) is 0 Å². The van der Waals surface area contributed by atoms with Crippen molar-refractivity contribution in [1.82, 2.24) is 25.0 Å². The maximum atomic E-state index is 12.9. The molecule has 0 aromatic carbocycles. The molecule has 1 atom stereocenters. The van der Waals surface area contributed by atoms with Crippen LogP contribution in [0, 0.1) is 19.8 Å². The predicted molar refractivity (Wildman–Crippen MR) is 106 cm³/mol. The second-order valence-corrected chi connectivity index (χ2v) is 8.38. The van der Waals surface area contributed by atoms with Crippen LogP contribution in [0.25, 0.3) is 11.6 Å². The Morgan fingerprint density at radius 2 is 2.21 bits per heavy atom. The molecule has 0 aliphatic carbocycles. The normalized spacial score (nSPS) is 17.1. The van der Waals surface area contributed by atoms with Gasteiger partial charge in [0.25, 0.3) is 11.8 Å². The van der Waals surface area contributed by atoms with Gasteiger partial charge >= 0.3 is 0 Å². The lowest BCUT2D eigenvalue weighted by atomic mass is 9.93. The van der Waals surface area contributed by atoms with E-state index >= 15 is 0 Å². The molecule has 1 aliphatic heterocycles. The molecule has 1 saturated heterocycles. The molecule has 4 heterocycles. The molecule has 3 aromatic rings. The highest BCUT2D eigenvalue weighted by molar-refractivity contribution is 7.13. The molecule has 1 aliphatic rings. The molecule has 0 radical (unpaired) electrons. The molecular weight excluding hydrogens is 374 g/mol. The van der Waals surface area contributed by atoms with Crippen LogP contribution >= 0.6 is 11.3 Å². The van der Waals surface area contributed by atoms with E-state index in [2.05, 4.69) is 20.1 Å². The molecule has 3 aromatic heterocycles. The summed E-state index contributed by atoms with van der Waals surface area (Å²) in [5.74, 6) is 1.71. The first-order chi connectivity index (χ1) is 13.6. The van der Waals surface area contributed by atoms with Crippen molar-refractivity contribution in [2.45, 2.75) is 39.5 Å². The quantitative estimate of drug-likeness (QED) is 0.653. The zero-order valence-corrected chi connectivity index (χ0v) is 16.9. The van der Waals surface area contributed by atoms with Gasteiger partial charge in [0.1, 0.15) is 10.6 Å². The minimum Gasteiger partial charge on any atom is -0.338 e. The van der Waals surface area contributed by atoms with Crippen molar-refractivity contribution in [3.8, 4) is 11.6 Å². The van der Waals surface area contributed by atoms with Gasteiger partial charge in [0, 0.05) is 25.7 Å². The van der Waals surface area contributed by atoms with Crippen LogP contribution in [0.1, 0.15) is 45.5 Å². The van der Waals surface area contributed by atoms with Gasteiger partial charge in [-0.1, -0.05) is 11.2 Å². The summed E-state index contributed by atoms with van der Waals surface area (Å²) in [4.78, 5) is 28.7. The average Bonchev–Trinajstić information content (AvgIpc) is 3.33. The maximum absolute atomic E-state index is 12.9. The van der Waals surface area contributed by atoms with Crippen LogP contribution in [-0.2, 0) is 6.42 Å². The van der Waals surface area contributed by atoms with Gasteiger partial charge in [-0.2, -0.15) is 4.98 Å². The highest BCUT2D eigenvalue weighted by Gasteiger charge is 2.27. The monoisotopic (exact) mass is 397 g/mol. The molecule has 0 N–H and O–H groups in total. The standard InChI is InChI=1S/C20H23N5O2S/c1-13-18(28-14(2)22-13)20(26)25-11-5-6-15(12-25)8-9-17-23-19(27-24-17)16-7-3-4-10-21-16/h3-4,7,10,15H,5-6,8-9,11-12H2,1-2H3. The summed E-state index contributed by atoms with van der Waals surface area (Å²) < 4.78 is 5.33. The Morgan fingerprint density at radius 1 is 1.32 bits per heavy atom. The number of hydrogen-bond donors (Lipinski definition) is 0. The topological polar surface area (TPSA) is 85.0 Å². The zero-order valence-electron chi connectivity index (χ0n) is 16.1. The van der Waals surface area contributed by atoms with Crippen LogP contribution in [-0.4, -0.2) is 44.0 Å². The van der Waals surface area contributed by atoms with E-state index in [1.807, 2.05) is 36.9 Å². The zero-order chi connectivity index (χ0) is 19.5. The number of piperidine rings is 1. The minimum atomic E-state index is 0.116. The van der Waals surface area contributed by atoms with Crippen molar-refractivity contribution in [1.29, 1.82) is 0 Å². The van der Waals surface area contributed by atoms with E-state index in [0.717, 1.165) is 54.4 Å². The molecule has 1 amide bonds. The summed E-state index contributed by atoms with van der Waals surface area (Å²) in [6.45, 7) is 5.45. The van der Waals surface area contributed by atoms with E-state index in [1.54, 1.807) is 6.20 Å². The van der Waals surface area contributed by atoms with Crippen molar-refractivity contribution < 1.29 is 9.32 Å². The predicted octanol–water partition coefficient (Wildman–Crippen LogP) is 3.69. The first-order valence-electron chi connectivity index (χ1n) is 9.57. The summed E-state index contributed by atoms with van der Waals surface area (Å²) in [5.41, 5.74) is 1.52. The van der Waals surface area contributed by atoms with Gasteiger partial charge in [-0.05, 0) is 51.2 Å². The smallest absolute Gasteiger partial charge is 0.276 e. The van der Waals surface area contributed by atoms with E-state index in [0.29, 0.717) is 23.3 Å². The average molecular weight is 398 g/mol. The van der Waals surface area contributed by atoms with Gasteiger partial charge in [-0.25, -0.2) is 4.98 Å². The number of hydrogen-bond acceptors (Lipinski definition) is 7. The number of likely N-dealkylation sites (tertiary alicyclic amines) is 1. The second kappa shape index (κ2) is 8.18. The van der Waals surface area contributed by atoms with Crippen LogP contribution in [0.3, 0.4) is 0 Å². The molecule has 0 spiro atoms. The number of rotatable bonds is 5. The summed E-state index contributed by atoms with van der Waals surface area (Å²) in [6.07, 6.45) is 5.53. The van der Waals surface area contributed by atoms with Crippen molar-refractivity contribution in [3.63, 3.8) is 0 Å². The molecule has 7 nitrogen and oxygen atoms in total. The molecule has 0 saturated carbocycles. The number of nitrogens with zero attached hydrogens (tertiary/aromatic N) is 5. The van der Waals surface area contributed by atoms with Crippen molar-refractivity contribution in [3.05, 3.63) is 45.8 Å². The molecule has 0 bridgehead atoms. The Balaban J connectivity index is 1.35. The van der Waals surface area contributed by atoms with Crippen LogP contribution in [0.2, 0.25) is 0 Å². The fourth-order valence-electron chi connectivity index (χ4n) is 3.64. The molecule has 146 valence electrons. The van der Waals surface area contributed by atoms with Crippen molar-refractivity contribution >= 4 is 17.2 Å². The summed E-state index contributed by atoms with van der Waals surface area (Å²) in [5, 5.41) is 5.02. The SMILES string of the molecule is Cc1nc(C)c(C(=O)N2CCCC(CCc3noc(-c4ccccn4)n3)C2)s1. The van der Waals surface area contributed by atoms with Gasteiger partial charge in [-0.15, -0.1) is 11.3 Å². The number of amides is 1. The molecular formula is C20H23N5O2S. The van der Waals surface area contributed by atoms with Crippen LogP contribution in [0.5, 0.6) is 0 Å². The summed E-state index contributed by atoms with van der Waals surface area (Å²) in [6, 6.07) is 5.60. The molecule has 4 rings (SSSR count). The Morgan fingerprint density at radius 3 is 2.96 bits per heavy atom. The highest BCUT2D eigenvalue weighted by Crippen LogP contribution is 2.26. The van der Waals surface area contributed by atoms with E-state index in [-0.39, 0.29) is 5.91 Å². The van der Waals surface area contributed by atoms with Gasteiger partial charge < -0.3 is 9.42 Å². The maximum Gasteiger partial charge on any atom is 0.276 e. The molecule has 1 unspecified atom stereocenters. The van der Waals surface area contributed by atoms with Crippen LogP contribution < -0.4 is 0 Å². The van der Waals surface area contributed by atoms with Crippen molar-refractivity contribution in [2.75, 3.05) is 13.1 Å². The number of pyridine rings is 1. The van der Waals surface area contributed by atoms with Gasteiger partial charge in [0.05, 0.1) is 10.7 Å². The summed E-state index contributed by atoms with van der Waals surface area (Å²) in [7, 11) is 0. The molecule has 28 heavy (non-hydrogen) atoms. The van der Waals surface area contributed by atoms with Gasteiger partial charge in [-0.3, -0.25) is 9.78 Å². The Labute approximate surface area is 167 Å².